The highest BCUT2D eigenvalue weighted by Gasteiger charge is 2.27. The lowest BCUT2D eigenvalue weighted by molar-refractivity contribution is -0.122. The molecule has 144 valence electrons. The van der Waals surface area contributed by atoms with Gasteiger partial charge in [-0.2, -0.15) is 0 Å². The largest absolute Gasteiger partial charge is 0.487 e. The van der Waals surface area contributed by atoms with E-state index in [0.29, 0.717) is 24.8 Å². The molecule has 27 heavy (non-hydrogen) atoms. The molecule has 1 N–H and O–H groups in total. The van der Waals surface area contributed by atoms with Gasteiger partial charge in [0.15, 0.2) is 0 Å². The minimum atomic E-state index is -0.0624. The zero-order chi connectivity index (χ0) is 19.4. The summed E-state index contributed by atoms with van der Waals surface area (Å²) in [7, 11) is 1.57. The van der Waals surface area contributed by atoms with E-state index in [0.717, 1.165) is 41.0 Å². The maximum atomic E-state index is 12.0. The fourth-order valence-corrected chi connectivity index (χ4v) is 3.23. The van der Waals surface area contributed by atoms with Crippen molar-refractivity contribution in [1.82, 2.24) is 15.5 Å². The van der Waals surface area contributed by atoms with E-state index in [1.165, 1.54) is 0 Å². The summed E-state index contributed by atoms with van der Waals surface area (Å²) in [4.78, 5) is 12.0. The zero-order valence-electron chi connectivity index (χ0n) is 16.4. The molecule has 0 radical (unpaired) electrons. The fraction of sp³-hybridized carbons (Fsp3) is 0.476. The summed E-state index contributed by atoms with van der Waals surface area (Å²) in [6.45, 7) is 6.76. The van der Waals surface area contributed by atoms with Gasteiger partial charge in [-0.25, -0.2) is 0 Å². The molecule has 1 amide bonds. The number of nitrogens with one attached hydrogen (secondary N) is 1. The summed E-state index contributed by atoms with van der Waals surface area (Å²) >= 11 is 0. The van der Waals surface area contributed by atoms with Crippen LogP contribution in [0.4, 0.5) is 0 Å². The van der Waals surface area contributed by atoms with E-state index >= 15 is 0 Å². The van der Waals surface area contributed by atoms with Crippen LogP contribution in [-0.2, 0) is 11.2 Å². The van der Waals surface area contributed by atoms with Gasteiger partial charge >= 0.3 is 0 Å². The van der Waals surface area contributed by atoms with Crippen molar-refractivity contribution in [2.45, 2.75) is 46.1 Å². The SMILES string of the molecule is CC[C@H](C)CC(=O)NC[C@@H]1Cc2cc(C)cc(-c3ccc(OC)nn3)c2O1. The number of amides is 1. The Bertz CT molecular complexity index is 805. The number of aryl methyl sites for hydroxylation is 1. The molecule has 1 aliphatic heterocycles. The van der Waals surface area contributed by atoms with Crippen molar-refractivity contribution >= 4 is 5.91 Å². The molecule has 3 rings (SSSR count). The third kappa shape index (κ3) is 4.56. The maximum Gasteiger partial charge on any atom is 0.233 e. The zero-order valence-corrected chi connectivity index (χ0v) is 16.4. The van der Waals surface area contributed by atoms with Gasteiger partial charge in [-0.1, -0.05) is 26.3 Å². The molecule has 0 aliphatic carbocycles. The second kappa shape index (κ2) is 8.37. The molecule has 0 unspecified atom stereocenters. The highest BCUT2D eigenvalue weighted by atomic mass is 16.5. The van der Waals surface area contributed by atoms with Crippen LogP contribution in [0.3, 0.4) is 0 Å². The Morgan fingerprint density at radius 2 is 2.19 bits per heavy atom. The molecule has 0 bridgehead atoms. The van der Waals surface area contributed by atoms with Crippen LogP contribution >= 0.6 is 0 Å². The lowest BCUT2D eigenvalue weighted by Crippen LogP contribution is -2.35. The number of rotatable bonds is 7. The normalized spacial score (nSPS) is 16.4. The van der Waals surface area contributed by atoms with Crippen LogP contribution < -0.4 is 14.8 Å². The minimum Gasteiger partial charge on any atom is -0.487 e. The van der Waals surface area contributed by atoms with Crippen molar-refractivity contribution in [3.8, 4) is 22.9 Å². The number of carbonyl (C=O) groups is 1. The van der Waals surface area contributed by atoms with Gasteiger partial charge in [-0.3, -0.25) is 4.79 Å². The highest BCUT2D eigenvalue weighted by molar-refractivity contribution is 5.76. The van der Waals surface area contributed by atoms with Gasteiger partial charge in [0.1, 0.15) is 11.9 Å². The molecule has 2 atom stereocenters. The number of ether oxygens (including phenoxy) is 2. The standard InChI is InChI=1S/C21H27N3O3/c1-5-13(2)10-19(25)22-12-16-11-15-8-14(3)9-17(21(15)27-16)18-6-7-20(26-4)24-23-18/h6-9,13,16H,5,10-12H2,1-4H3,(H,22,25)/t13-,16-/m0/s1. The molecular formula is C21H27N3O3. The van der Waals surface area contributed by atoms with E-state index in [-0.39, 0.29) is 12.0 Å². The minimum absolute atomic E-state index is 0.0624. The van der Waals surface area contributed by atoms with Crippen molar-refractivity contribution < 1.29 is 14.3 Å². The molecule has 1 aromatic heterocycles. The summed E-state index contributed by atoms with van der Waals surface area (Å²) in [6.07, 6.45) is 2.27. The van der Waals surface area contributed by atoms with E-state index in [4.69, 9.17) is 9.47 Å². The topological polar surface area (TPSA) is 73.3 Å². The summed E-state index contributed by atoms with van der Waals surface area (Å²) < 4.78 is 11.3. The molecule has 2 heterocycles. The highest BCUT2D eigenvalue weighted by Crippen LogP contribution is 2.39. The average molecular weight is 369 g/mol. The van der Waals surface area contributed by atoms with E-state index in [2.05, 4.69) is 48.4 Å². The van der Waals surface area contributed by atoms with Gasteiger partial charge in [-0.15, -0.1) is 10.2 Å². The molecule has 6 nitrogen and oxygen atoms in total. The number of hydrogen-bond donors (Lipinski definition) is 1. The van der Waals surface area contributed by atoms with Crippen LogP contribution in [0, 0.1) is 12.8 Å². The van der Waals surface area contributed by atoms with Crippen LogP contribution in [0.15, 0.2) is 24.3 Å². The fourth-order valence-electron chi connectivity index (χ4n) is 3.23. The van der Waals surface area contributed by atoms with E-state index < -0.39 is 0 Å². The van der Waals surface area contributed by atoms with Gasteiger partial charge < -0.3 is 14.8 Å². The quantitative estimate of drug-likeness (QED) is 0.810. The van der Waals surface area contributed by atoms with Gasteiger partial charge in [0.05, 0.1) is 19.3 Å². The third-order valence-electron chi connectivity index (χ3n) is 4.93. The average Bonchev–Trinajstić information content (AvgIpc) is 3.08. The molecule has 6 heteroatoms. The molecule has 2 aromatic rings. The number of benzene rings is 1. The van der Waals surface area contributed by atoms with E-state index in [1.54, 1.807) is 13.2 Å². The number of fused-ring (bicyclic) bond motifs is 1. The molecule has 0 saturated heterocycles. The first-order valence-corrected chi connectivity index (χ1v) is 9.45. The molecule has 1 aromatic carbocycles. The van der Waals surface area contributed by atoms with Crippen LogP contribution in [0.5, 0.6) is 11.6 Å². The van der Waals surface area contributed by atoms with Crippen LogP contribution in [0.1, 0.15) is 37.8 Å². The molecule has 0 saturated carbocycles. The number of methoxy groups -OCH3 is 1. The van der Waals surface area contributed by atoms with Gasteiger partial charge in [0.2, 0.25) is 11.8 Å². The Labute approximate surface area is 160 Å². The number of nitrogens with zero attached hydrogens (tertiary/aromatic N) is 2. The van der Waals surface area contributed by atoms with Crippen LogP contribution in [-0.4, -0.2) is 35.9 Å². The molecule has 0 fully saturated rings. The monoisotopic (exact) mass is 369 g/mol. The van der Waals surface area contributed by atoms with Crippen molar-refractivity contribution in [1.29, 1.82) is 0 Å². The lowest BCUT2D eigenvalue weighted by Gasteiger charge is -2.14. The van der Waals surface area contributed by atoms with E-state index in [9.17, 15) is 4.79 Å². The first-order valence-electron chi connectivity index (χ1n) is 9.45. The first kappa shape index (κ1) is 19.1. The number of carbonyl (C=O) groups excluding carboxylic acids is 1. The Balaban J connectivity index is 1.72. The van der Waals surface area contributed by atoms with Gasteiger partial charge in [0, 0.05) is 24.5 Å². The molecular weight excluding hydrogens is 342 g/mol. The Morgan fingerprint density at radius 1 is 1.37 bits per heavy atom. The summed E-state index contributed by atoms with van der Waals surface area (Å²) in [5.41, 5.74) is 3.96. The Morgan fingerprint density at radius 3 is 2.85 bits per heavy atom. The van der Waals surface area contributed by atoms with Crippen molar-refractivity contribution in [3.63, 3.8) is 0 Å². The molecule has 1 aliphatic rings. The third-order valence-corrected chi connectivity index (χ3v) is 4.93. The van der Waals surface area contributed by atoms with Crippen molar-refractivity contribution in [2.24, 2.45) is 5.92 Å². The van der Waals surface area contributed by atoms with E-state index in [1.807, 2.05) is 6.07 Å². The van der Waals surface area contributed by atoms with Crippen molar-refractivity contribution in [2.75, 3.05) is 13.7 Å². The van der Waals surface area contributed by atoms with Crippen LogP contribution in [0.2, 0.25) is 0 Å². The van der Waals surface area contributed by atoms with Gasteiger partial charge in [0.25, 0.3) is 0 Å². The molecule has 0 spiro atoms. The second-order valence-electron chi connectivity index (χ2n) is 7.23. The first-order chi connectivity index (χ1) is 13.0. The predicted octanol–water partition coefficient (Wildman–Crippen LogP) is 3.32. The smallest absolute Gasteiger partial charge is 0.233 e. The summed E-state index contributed by atoms with van der Waals surface area (Å²) in [6, 6.07) is 7.86. The Kier molecular flexibility index (Phi) is 5.94. The lowest BCUT2D eigenvalue weighted by atomic mass is 10.0. The second-order valence-corrected chi connectivity index (χ2v) is 7.23. The predicted molar refractivity (Wildman–Crippen MR) is 104 cm³/mol. The van der Waals surface area contributed by atoms with Crippen LogP contribution in [0.25, 0.3) is 11.3 Å². The Hall–Kier alpha value is -2.63. The van der Waals surface area contributed by atoms with Gasteiger partial charge in [-0.05, 0) is 36.1 Å². The summed E-state index contributed by atoms with van der Waals surface area (Å²) in [5.74, 6) is 1.79. The number of aromatic nitrogens is 2. The summed E-state index contributed by atoms with van der Waals surface area (Å²) in [5, 5.41) is 11.3. The van der Waals surface area contributed by atoms with Crippen molar-refractivity contribution in [3.05, 3.63) is 35.4 Å². The number of hydrogen-bond acceptors (Lipinski definition) is 5. The maximum absolute atomic E-state index is 12.0.